The van der Waals surface area contributed by atoms with Gasteiger partial charge in [-0.25, -0.2) is 4.90 Å². The van der Waals surface area contributed by atoms with E-state index in [0.29, 0.717) is 28.3 Å². The molecule has 0 aromatic heterocycles. The SMILES string of the molecule is Cc1ccc(OCC(=O)Nc2ccc(N3C(=O)c4ccccc4C3=O)cc2Cl)cc1. The predicted octanol–water partition coefficient (Wildman–Crippen LogP) is 4.47. The lowest BCUT2D eigenvalue weighted by Crippen LogP contribution is -2.29. The molecule has 0 atom stereocenters. The number of fused-ring (bicyclic) bond motifs is 1. The summed E-state index contributed by atoms with van der Waals surface area (Å²) in [7, 11) is 0. The summed E-state index contributed by atoms with van der Waals surface area (Å²) in [4.78, 5) is 38.5. The second-order valence-electron chi connectivity index (χ2n) is 6.81. The van der Waals surface area contributed by atoms with Crippen LogP contribution < -0.4 is 15.0 Å². The quantitative estimate of drug-likeness (QED) is 0.618. The molecule has 3 aromatic carbocycles. The molecule has 0 bridgehead atoms. The molecule has 6 nitrogen and oxygen atoms in total. The Balaban J connectivity index is 1.45. The largest absolute Gasteiger partial charge is 0.484 e. The van der Waals surface area contributed by atoms with E-state index in [2.05, 4.69) is 5.32 Å². The molecule has 0 saturated heterocycles. The van der Waals surface area contributed by atoms with E-state index in [9.17, 15) is 14.4 Å². The Morgan fingerprint density at radius 2 is 1.60 bits per heavy atom. The highest BCUT2D eigenvalue weighted by atomic mass is 35.5. The van der Waals surface area contributed by atoms with Gasteiger partial charge in [0.2, 0.25) is 0 Å². The summed E-state index contributed by atoms with van der Waals surface area (Å²) in [6.07, 6.45) is 0. The predicted molar refractivity (Wildman–Crippen MR) is 114 cm³/mol. The van der Waals surface area contributed by atoms with Crippen molar-refractivity contribution in [2.45, 2.75) is 6.92 Å². The van der Waals surface area contributed by atoms with Crippen molar-refractivity contribution in [3.63, 3.8) is 0 Å². The summed E-state index contributed by atoms with van der Waals surface area (Å²) >= 11 is 6.29. The number of rotatable bonds is 5. The molecule has 3 amide bonds. The van der Waals surface area contributed by atoms with Crippen LogP contribution in [0, 0.1) is 6.92 Å². The molecule has 0 saturated carbocycles. The van der Waals surface area contributed by atoms with E-state index in [4.69, 9.17) is 16.3 Å². The van der Waals surface area contributed by atoms with Crippen molar-refractivity contribution in [3.05, 3.63) is 88.4 Å². The van der Waals surface area contributed by atoms with Crippen molar-refractivity contribution in [2.75, 3.05) is 16.8 Å². The maximum Gasteiger partial charge on any atom is 0.266 e. The average Bonchev–Trinajstić information content (AvgIpc) is 3.00. The molecule has 0 spiro atoms. The Labute approximate surface area is 178 Å². The molecule has 1 aliphatic heterocycles. The number of benzene rings is 3. The van der Waals surface area contributed by atoms with Crippen LogP contribution in [0.5, 0.6) is 5.75 Å². The lowest BCUT2D eigenvalue weighted by molar-refractivity contribution is -0.118. The highest BCUT2D eigenvalue weighted by Crippen LogP contribution is 2.32. The topological polar surface area (TPSA) is 75.7 Å². The molecule has 3 aromatic rings. The van der Waals surface area contributed by atoms with Crippen molar-refractivity contribution in [3.8, 4) is 5.75 Å². The molecular weight excluding hydrogens is 404 g/mol. The Bertz CT molecular complexity index is 1120. The first-order valence-electron chi connectivity index (χ1n) is 9.21. The maximum absolute atomic E-state index is 12.6. The van der Waals surface area contributed by atoms with Crippen LogP contribution >= 0.6 is 11.6 Å². The number of carbonyl (C=O) groups is 3. The second-order valence-corrected chi connectivity index (χ2v) is 7.21. The van der Waals surface area contributed by atoms with Crippen LogP contribution in [-0.4, -0.2) is 24.3 Å². The zero-order chi connectivity index (χ0) is 21.3. The molecule has 1 heterocycles. The Morgan fingerprint density at radius 3 is 2.20 bits per heavy atom. The van der Waals surface area contributed by atoms with Gasteiger partial charge >= 0.3 is 0 Å². The van der Waals surface area contributed by atoms with Crippen LogP contribution in [0.4, 0.5) is 11.4 Å². The highest BCUT2D eigenvalue weighted by molar-refractivity contribution is 6.36. The van der Waals surface area contributed by atoms with E-state index >= 15 is 0 Å². The van der Waals surface area contributed by atoms with Gasteiger partial charge in [-0.2, -0.15) is 0 Å². The minimum atomic E-state index is -0.407. The molecule has 4 rings (SSSR count). The van der Waals surface area contributed by atoms with Crippen molar-refractivity contribution < 1.29 is 19.1 Å². The third-order valence-corrected chi connectivity index (χ3v) is 4.98. The first kappa shape index (κ1) is 19.7. The molecule has 0 fully saturated rings. The molecule has 1 aliphatic rings. The molecule has 30 heavy (non-hydrogen) atoms. The first-order valence-corrected chi connectivity index (χ1v) is 9.58. The van der Waals surface area contributed by atoms with Crippen LogP contribution in [0.25, 0.3) is 0 Å². The van der Waals surface area contributed by atoms with Gasteiger partial charge in [0.25, 0.3) is 17.7 Å². The number of amides is 3. The van der Waals surface area contributed by atoms with E-state index in [1.807, 2.05) is 19.1 Å². The molecule has 150 valence electrons. The third kappa shape index (κ3) is 3.77. The van der Waals surface area contributed by atoms with Crippen molar-refractivity contribution in [2.24, 2.45) is 0 Å². The van der Waals surface area contributed by atoms with Crippen LogP contribution in [0.2, 0.25) is 5.02 Å². The first-order chi connectivity index (χ1) is 14.4. The van der Waals surface area contributed by atoms with Gasteiger partial charge in [0.1, 0.15) is 5.75 Å². The van der Waals surface area contributed by atoms with Crippen molar-refractivity contribution >= 4 is 40.7 Å². The molecular formula is C23H17ClN2O4. The summed E-state index contributed by atoms with van der Waals surface area (Å²) in [5.41, 5.74) is 2.49. The molecule has 0 aliphatic carbocycles. The standard InChI is InChI=1S/C23H17ClN2O4/c1-14-6-9-16(10-7-14)30-13-21(27)25-20-11-8-15(12-19(20)24)26-22(28)17-4-2-3-5-18(17)23(26)29/h2-12H,13H2,1H3,(H,25,27). The monoisotopic (exact) mass is 420 g/mol. The number of aryl methyl sites for hydroxylation is 1. The van der Waals surface area contributed by atoms with E-state index in [1.54, 1.807) is 48.5 Å². The zero-order valence-electron chi connectivity index (χ0n) is 16.0. The van der Waals surface area contributed by atoms with Crippen LogP contribution in [0.15, 0.2) is 66.7 Å². The summed E-state index contributed by atoms with van der Waals surface area (Å²) < 4.78 is 5.45. The minimum Gasteiger partial charge on any atom is -0.484 e. The number of halogens is 1. The van der Waals surface area contributed by atoms with Gasteiger partial charge in [-0.1, -0.05) is 41.4 Å². The van der Waals surface area contributed by atoms with Crippen LogP contribution in [-0.2, 0) is 4.79 Å². The Kier molecular flexibility index (Phi) is 5.25. The number of nitrogens with zero attached hydrogens (tertiary/aromatic N) is 1. The third-order valence-electron chi connectivity index (χ3n) is 4.67. The molecule has 1 N–H and O–H groups in total. The summed E-state index contributed by atoms with van der Waals surface area (Å²) in [5, 5.41) is 2.87. The number of carbonyl (C=O) groups excluding carboxylic acids is 3. The fourth-order valence-electron chi connectivity index (χ4n) is 3.14. The summed E-state index contributed by atoms with van der Waals surface area (Å²) in [6.45, 7) is 1.78. The van der Waals surface area contributed by atoms with Gasteiger partial charge in [-0.15, -0.1) is 0 Å². The van der Waals surface area contributed by atoms with Gasteiger partial charge in [0.15, 0.2) is 6.61 Å². The van der Waals surface area contributed by atoms with Gasteiger partial charge < -0.3 is 10.1 Å². The fraction of sp³-hybridized carbons (Fsp3) is 0.0870. The van der Waals surface area contributed by atoms with Gasteiger partial charge in [-0.3, -0.25) is 14.4 Å². The summed E-state index contributed by atoms with van der Waals surface area (Å²) in [5.74, 6) is -0.612. The van der Waals surface area contributed by atoms with Crippen LogP contribution in [0.1, 0.15) is 26.3 Å². The van der Waals surface area contributed by atoms with Crippen LogP contribution in [0.3, 0.4) is 0 Å². The number of anilines is 2. The van der Waals surface area contributed by atoms with Crippen molar-refractivity contribution in [1.82, 2.24) is 0 Å². The van der Waals surface area contributed by atoms with Gasteiger partial charge in [-0.05, 0) is 49.4 Å². The molecule has 0 radical (unpaired) electrons. The number of nitrogens with one attached hydrogen (secondary N) is 1. The lowest BCUT2D eigenvalue weighted by atomic mass is 10.1. The summed E-state index contributed by atoms with van der Waals surface area (Å²) in [6, 6.07) is 18.6. The Morgan fingerprint density at radius 1 is 0.967 bits per heavy atom. The van der Waals surface area contributed by atoms with E-state index in [0.717, 1.165) is 10.5 Å². The maximum atomic E-state index is 12.6. The Hall–Kier alpha value is -3.64. The average molecular weight is 421 g/mol. The zero-order valence-corrected chi connectivity index (χ0v) is 16.8. The van der Waals surface area contributed by atoms with Gasteiger partial charge in [0.05, 0.1) is 27.5 Å². The lowest BCUT2D eigenvalue weighted by Gasteiger charge is -2.16. The van der Waals surface area contributed by atoms with E-state index in [1.165, 1.54) is 6.07 Å². The second kappa shape index (κ2) is 8.00. The molecule has 7 heteroatoms. The van der Waals surface area contributed by atoms with E-state index < -0.39 is 11.8 Å². The van der Waals surface area contributed by atoms with E-state index in [-0.39, 0.29) is 17.5 Å². The minimum absolute atomic E-state index is 0.181. The number of ether oxygens (including phenoxy) is 1. The van der Waals surface area contributed by atoms with Gasteiger partial charge in [0, 0.05) is 0 Å². The number of hydrogen-bond donors (Lipinski definition) is 1. The number of imide groups is 1. The van der Waals surface area contributed by atoms with Crippen molar-refractivity contribution in [1.29, 1.82) is 0 Å². The highest BCUT2D eigenvalue weighted by Gasteiger charge is 2.36. The number of hydrogen-bond acceptors (Lipinski definition) is 4. The smallest absolute Gasteiger partial charge is 0.266 e. The normalized spacial score (nSPS) is 12.7. The fourth-order valence-corrected chi connectivity index (χ4v) is 3.36. The molecule has 0 unspecified atom stereocenters.